The highest BCUT2D eigenvalue weighted by Gasteiger charge is 2.47. The minimum Gasteiger partial charge on any atom is -0.274 e. The first-order valence-electron chi connectivity index (χ1n) is 6.07. The van der Waals surface area contributed by atoms with Crippen LogP contribution in [0.2, 0.25) is 10.0 Å². The highest BCUT2D eigenvalue weighted by molar-refractivity contribution is 6.42. The molecule has 2 atom stereocenters. The molecule has 0 bridgehead atoms. The van der Waals surface area contributed by atoms with E-state index < -0.39 is 0 Å². The zero-order chi connectivity index (χ0) is 13.6. The topological polar surface area (TPSA) is 37.4 Å². The van der Waals surface area contributed by atoms with Gasteiger partial charge in [-0.1, -0.05) is 35.4 Å². The van der Waals surface area contributed by atoms with Gasteiger partial charge in [0.15, 0.2) is 0 Å². The molecular weight excluding hydrogens is 285 g/mol. The fourth-order valence-corrected chi connectivity index (χ4v) is 2.97. The number of amides is 2. The van der Waals surface area contributed by atoms with E-state index in [4.69, 9.17) is 23.2 Å². The van der Waals surface area contributed by atoms with Crippen LogP contribution >= 0.6 is 23.2 Å². The Balaban J connectivity index is 1.99. The van der Waals surface area contributed by atoms with Crippen molar-refractivity contribution in [3.63, 3.8) is 0 Å². The van der Waals surface area contributed by atoms with Gasteiger partial charge in [-0.3, -0.25) is 9.59 Å². The van der Waals surface area contributed by atoms with E-state index in [1.54, 1.807) is 18.2 Å². The molecule has 0 saturated carbocycles. The Hall–Kier alpha value is -1.32. The van der Waals surface area contributed by atoms with Crippen molar-refractivity contribution in [3.05, 3.63) is 40.4 Å². The number of benzene rings is 1. The van der Waals surface area contributed by atoms with Crippen molar-refractivity contribution in [2.45, 2.75) is 12.8 Å². The van der Waals surface area contributed by atoms with E-state index in [0.717, 1.165) is 0 Å². The Bertz CT molecular complexity index is 571. The normalized spacial score (nSPS) is 25.9. The number of hydrogen-bond acceptors (Lipinski definition) is 2. The third-order valence-electron chi connectivity index (χ3n) is 3.67. The molecule has 0 aromatic heterocycles. The van der Waals surface area contributed by atoms with Crippen LogP contribution in [0.15, 0.2) is 30.4 Å². The summed E-state index contributed by atoms with van der Waals surface area (Å²) in [6, 6.07) is 4.80. The average molecular weight is 296 g/mol. The van der Waals surface area contributed by atoms with Crippen LogP contribution in [-0.2, 0) is 9.59 Å². The first-order valence-corrected chi connectivity index (χ1v) is 6.83. The Labute approximate surface area is 120 Å². The van der Waals surface area contributed by atoms with E-state index in [-0.39, 0.29) is 23.7 Å². The largest absolute Gasteiger partial charge is 0.274 e. The lowest BCUT2D eigenvalue weighted by atomic mass is 9.85. The molecule has 1 aromatic rings. The number of carbonyl (C=O) groups is 2. The maximum absolute atomic E-state index is 12.3. The third kappa shape index (κ3) is 1.97. The van der Waals surface area contributed by atoms with Gasteiger partial charge in [0.1, 0.15) is 0 Å². The quantitative estimate of drug-likeness (QED) is 0.588. The summed E-state index contributed by atoms with van der Waals surface area (Å²) < 4.78 is 0. The molecule has 0 unspecified atom stereocenters. The zero-order valence-corrected chi connectivity index (χ0v) is 11.5. The van der Waals surface area contributed by atoms with E-state index >= 15 is 0 Å². The van der Waals surface area contributed by atoms with Crippen LogP contribution in [0.25, 0.3) is 0 Å². The Kier molecular flexibility index (Phi) is 3.11. The molecular formula is C14H11Cl2NO2. The van der Waals surface area contributed by atoms with E-state index in [9.17, 15) is 9.59 Å². The minimum atomic E-state index is -0.230. The van der Waals surface area contributed by atoms with Crippen LogP contribution in [-0.4, -0.2) is 11.8 Å². The monoisotopic (exact) mass is 295 g/mol. The van der Waals surface area contributed by atoms with E-state index in [0.29, 0.717) is 28.6 Å². The summed E-state index contributed by atoms with van der Waals surface area (Å²) in [7, 11) is 0. The molecule has 5 heteroatoms. The van der Waals surface area contributed by atoms with Gasteiger partial charge in [-0.2, -0.15) is 0 Å². The summed E-state index contributed by atoms with van der Waals surface area (Å²) in [5, 5.41) is 0.747. The number of allylic oxidation sites excluding steroid dienone is 2. The number of halogens is 2. The number of anilines is 1. The first-order chi connectivity index (χ1) is 9.09. The molecule has 1 aromatic carbocycles. The zero-order valence-electron chi connectivity index (χ0n) is 9.98. The van der Waals surface area contributed by atoms with Crippen molar-refractivity contribution in [1.29, 1.82) is 0 Å². The average Bonchev–Trinajstić information content (AvgIpc) is 2.66. The number of imide groups is 1. The molecule has 3 nitrogen and oxygen atoms in total. The second-order valence-corrected chi connectivity index (χ2v) is 5.58. The van der Waals surface area contributed by atoms with Gasteiger partial charge in [0.05, 0.1) is 27.6 Å². The van der Waals surface area contributed by atoms with E-state index in [1.807, 2.05) is 12.2 Å². The van der Waals surface area contributed by atoms with Gasteiger partial charge in [-0.25, -0.2) is 4.90 Å². The molecule has 1 heterocycles. The molecule has 19 heavy (non-hydrogen) atoms. The summed E-state index contributed by atoms with van der Waals surface area (Å²) in [5.41, 5.74) is 0.499. The molecule has 2 aliphatic rings. The van der Waals surface area contributed by atoms with Crippen molar-refractivity contribution in [3.8, 4) is 0 Å². The van der Waals surface area contributed by atoms with Crippen molar-refractivity contribution in [1.82, 2.24) is 0 Å². The Morgan fingerprint density at radius 3 is 2.05 bits per heavy atom. The van der Waals surface area contributed by atoms with Crippen molar-refractivity contribution in [2.24, 2.45) is 11.8 Å². The second-order valence-electron chi connectivity index (χ2n) is 4.77. The molecule has 1 aliphatic heterocycles. The van der Waals surface area contributed by atoms with Crippen LogP contribution in [0.4, 0.5) is 5.69 Å². The van der Waals surface area contributed by atoms with Gasteiger partial charge in [0, 0.05) is 0 Å². The molecule has 0 spiro atoms. The molecule has 1 saturated heterocycles. The van der Waals surface area contributed by atoms with Crippen LogP contribution < -0.4 is 4.90 Å². The molecule has 0 radical (unpaired) electrons. The lowest BCUT2D eigenvalue weighted by Crippen LogP contribution is -2.30. The fourth-order valence-electron chi connectivity index (χ4n) is 2.68. The maximum atomic E-state index is 12.3. The lowest BCUT2D eigenvalue weighted by molar-refractivity contribution is -0.122. The smallest absolute Gasteiger partial charge is 0.238 e. The molecule has 3 rings (SSSR count). The summed E-state index contributed by atoms with van der Waals surface area (Å²) in [4.78, 5) is 25.9. The number of carbonyl (C=O) groups excluding carboxylic acids is 2. The predicted octanol–water partition coefficient (Wildman–Crippen LogP) is 3.45. The SMILES string of the molecule is O=C1[C@@H]2CC=CC[C@H]2C(=O)N1c1ccc(Cl)c(Cl)c1. The highest BCUT2D eigenvalue weighted by atomic mass is 35.5. The Morgan fingerprint density at radius 1 is 0.947 bits per heavy atom. The van der Waals surface area contributed by atoms with Gasteiger partial charge in [-0.05, 0) is 31.0 Å². The van der Waals surface area contributed by atoms with Gasteiger partial charge in [0.2, 0.25) is 11.8 Å². The van der Waals surface area contributed by atoms with Crippen molar-refractivity contribution in [2.75, 3.05) is 4.90 Å². The van der Waals surface area contributed by atoms with Gasteiger partial charge < -0.3 is 0 Å². The van der Waals surface area contributed by atoms with Crippen LogP contribution in [0.1, 0.15) is 12.8 Å². The number of hydrogen-bond donors (Lipinski definition) is 0. The van der Waals surface area contributed by atoms with Gasteiger partial charge in [0.25, 0.3) is 0 Å². The van der Waals surface area contributed by atoms with Gasteiger partial charge >= 0.3 is 0 Å². The van der Waals surface area contributed by atoms with Crippen LogP contribution in [0.3, 0.4) is 0 Å². The van der Waals surface area contributed by atoms with Crippen LogP contribution in [0, 0.1) is 11.8 Å². The minimum absolute atomic E-state index is 0.141. The molecule has 1 fully saturated rings. The summed E-state index contributed by atoms with van der Waals surface area (Å²) >= 11 is 11.8. The van der Waals surface area contributed by atoms with Crippen molar-refractivity contribution >= 4 is 40.7 Å². The second kappa shape index (κ2) is 4.66. The maximum Gasteiger partial charge on any atom is 0.238 e. The summed E-state index contributed by atoms with van der Waals surface area (Å²) in [6.45, 7) is 0. The van der Waals surface area contributed by atoms with Gasteiger partial charge in [-0.15, -0.1) is 0 Å². The first kappa shape index (κ1) is 12.7. The summed E-state index contributed by atoms with van der Waals surface area (Å²) in [6.07, 6.45) is 5.19. The number of nitrogens with zero attached hydrogens (tertiary/aromatic N) is 1. The molecule has 1 aliphatic carbocycles. The van der Waals surface area contributed by atoms with Crippen molar-refractivity contribution < 1.29 is 9.59 Å². The molecule has 0 N–H and O–H groups in total. The number of rotatable bonds is 1. The number of fused-ring (bicyclic) bond motifs is 1. The molecule has 2 amide bonds. The van der Waals surface area contributed by atoms with E-state index in [2.05, 4.69) is 0 Å². The lowest BCUT2D eigenvalue weighted by Gasteiger charge is -2.15. The Morgan fingerprint density at radius 2 is 1.53 bits per heavy atom. The fraction of sp³-hybridized carbons (Fsp3) is 0.286. The molecule has 98 valence electrons. The third-order valence-corrected chi connectivity index (χ3v) is 4.41. The predicted molar refractivity (Wildman–Crippen MR) is 74.3 cm³/mol. The highest BCUT2D eigenvalue weighted by Crippen LogP contribution is 2.38. The summed E-state index contributed by atoms with van der Waals surface area (Å²) in [5.74, 6) is -0.741. The van der Waals surface area contributed by atoms with E-state index in [1.165, 1.54) is 4.90 Å². The van der Waals surface area contributed by atoms with Crippen LogP contribution in [0.5, 0.6) is 0 Å². The standard InChI is InChI=1S/C14H11Cl2NO2/c15-11-6-5-8(7-12(11)16)17-13(18)9-3-1-2-4-10(9)14(17)19/h1-2,5-7,9-10H,3-4H2/t9-,10-/m1/s1.